The quantitative estimate of drug-likeness (QED) is 0.799. The molecule has 0 aromatic heterocycles. The Bertz CT molecular complexity index is 561. The first kappa shape index (κ1) is 14.1. The molecule has 0 amide bonds. The average Bonchev–Trinajstić information content (AvgIpc) is 2.49. The van der Waals surface area contributed by atoms with E-state index in [1.54, 1.807) is 0 Å². The number of ether oxygens (including phenoxy) is 1. The average molecular weight is 269 g/mol. The topological polar surface area (TPSA) is 29.5 Å². The molecule has 2 rings (SSSR count). The second-order valence-corrected chi connectivity index (χ2v) is 4.85. The van der Waals surface area contributed by atoms with Gasteiger partial charge < -0.3 is 9.64 Å². The zero-order valence-electron chi connectivity index (χ0n) is 12.0. The van der Waals surface area contributed by atoms with Crippen LogP contribution in [0.3, 0.4) is 0 Å². The number of rotatable bonds is 4. The van der Waals surface area contributed by atoms with Crippen LogP contribution < -0.4 is 4.90 Å². The minimum atomic E-state index is -0.377. The molecule has 0 saturated carbocycles. The molecular weight excluding hydrogens is 250 g/mol. The van der Waals surface area contributed by atoms with Gasteiger partial charge >= 0.3 is 5.97 Å². The molecule has 0 fully saturated rings. The first-order valence-electron chi connectivity index (χ1n) is 6.53. The highest BCUT2D eigenvalue weighted by Gasteiger charge is 2.23. The third kappa shape index (κ3) is 2.99. The third-order valence-electron chi connectivity index (χ3n) is 3.31. The van der Waals surface area contributed by atoms with Gasteiger partial charge in [0.2, 0.25) is 0 Å². The smallest absolute Gasteiger partial charge is 0.317 e. The van der Waals surface area contributed by atoms with Gasteiger partial charge in [-0.1, -0.05) is 42.5 Å². The molecule has 0 unspecified atom stereocenters. The summed E-state index contributed by atoms with van der Waals surface area (Å²) in [5.74, 6) is -0.619. The lowest BCUT2D eigenvalue weighted by Gasteiger charge is -2.17. The summed E-state index contributed by atoms with van der Waals surface area (Å²) < 4.78 is 4.95. The molecule has 20 heavy (non-hydrogen) atoms. The van der Waals surface area contributed by atoms with Gasteiger partial charge in [0.25, 0.3) is 0 Å². The van der Waals surface area contributed by atoms with Crippen molar-refractivity contribution in [2.75, 3.05) is 26.1 Å². The molecule has 0 aliphatic carbocycles. The maximum Gasteiger partial charge on any atom is 0.317 e. The van der Waals surface area contributed by atoms with E-state index in [1.165, 1.54) is 7.11 Å². The van der Waals surface area contributed by atoms with E-state index in [4.69, 9.17) is 4.74 Å². The standard InChI is InChI=1S/C17H19NO2/c1-18(2)15-11-9-14(10-12-15)16(17(19)20-3)13-7-5-4-6-8-13/h4-12,16H,1-3H3/t16-/m1/s1. The fourth-order valence-corrected chi connectivity index (χ4v) is 2.19. The predicted molar refractivity (Wildman–Crippen MR) is 81.1 cm³/mol. The molecule has 3 nitrogen and oxygen atoms in total. The Morgan fingerprint density at radius 2 is 1.50 bits per heavy atom. The zero-order chi connectivity index (χ0) is 14.5. The second kappa shape index (κ2) is 6.24. The first-order chi connectivity index (χ1) is 9.63. The van der Waals surface area contributed by atoms with Gasteiger partial charge in [-0.3, -0.25) is 4.79 Å². The molecule has 0 aliphatic rings. The summed E-state index contributed by atoms with van der Waals surface area (Å²) in [4.78, 5) is 14.1. The van der Waals surface area contributed by atoms with Crippen LogP contribution in [-0.4, -0.2) is 27.2 Å². The van der Waals surface area contributed by atoms with E-state index in [1.807, 2.05) is 73.6 Å². The Morgan fingerprint density at radius 1 is 0.950 bits per heavy atom. The summed E-state index contributed by atoms with van der Waals surface area (Å²) in [6.07, 6.45) is 0. The Kier molecular flexibility index (Phi) is 4.41. The van der Waals surface area contributed by atoms with Gasteiger partial charge in [0.1, 0.15) is 5.92 Å². The highest BCUT2D eigenvalue weighted by molar-refractivity contribution is 5.82. The van der Waals surface area contributed by atoms with Gasteiger partial charge in [-0.05, 0) is 23.3 Å². The molecule has 2 aromatic rings. The highest BCUT2D eigenvalue weighted by atomic mass is 16.5. The number of carbonyl (C=O) groups excluding carboxylic acids is 1. The van der Waals surface area contributed by atoms with E-state index in [2.05, 4.69) is 0 Å². The van der Waals surface area contributed by atoms with Crippen molar-refractivity contribution in [2.24, 2.45) is 0 Å². The molecule has 0 aliphatic heterocycles. The molecule has 0 spiro atoms. The zero-order valence-corrected chi connectivity index (χ0v) is 12.0. The van der Waals surface area contributed by atoms with E-state index in [9.17, 15) is 4.79 Å². The summed E-state index contributed by atoms with van der Waals surface area (Å²) in [6.45, 7) is 0. The van der Waals surface area contributed by atoms with Gasteiger partial charge in [0, 0.05) is 19.8 Å². The van der Waals surface area contributed by atoms with Gasteiger partial charge in [-0.25, -0.2) is 0 Å². The van der Waals surface area contributed by atoms with Crippen LogP contribution in [0, 0.1) is 0 Å². The van der Waals surface area contributed by atoms with Gasteiger partial charge in [-0.2, -0.15) is 0 Å². The number of anilines is 1. The number of benzene rings is 2. The van der Waals surface area contributed by atoms with Crippen LogP contribution in [0.1, 0.15) is 17.0 Å². The van der Waals surface area contributed by atoms with E-state index in [0.29, 0.717) is 0 Å². The normalized spacial score (nSPS) is 11.8. The molecule has 0 saturated heterocycles. The molecule has 2 aromatic carbocycles. The summed E-state index contributed by atoms with van der Waals surface area (Å²) in [7, 11) is 5.40. The monoisotopic (exact) mass is 269 g/mol. The summed E-state index contributed by atoms with van der Waals surface area (Å²) in [5.41, 5.74) is 2.98. The van der Waals surface area contributed by atoms with Crippen molar-refractivity contribution in [3.8, 4) is 0 Å². The number of nitrogens with zero attached hydrogens (tertiary/aromatic N) is 1. The molecule has 0 bridgehead atoms. The van der Waals surface area contributed by atoms with Crippen LogP contribution in [0.5, 0.6) is 0 Å². The molecule has 0 radical (unpaired) electrons. The Labute approximate surface area is 119 Å². The number of hydrogen-bond acceptors (Lipinski definition) is 3. The van der Waals surface area contributed by atoms with E-state index >= 15 is 0 Å². The van der Waals surface area contributed by atoms with E-state index in [0.717, 1.165) is 16.8 Å². The Balaban J connectivity index is 2.39. The maximum absolute atomic E-state index is 12.1. The number of hydrogen-bond donors (Lipinski definition) is 0. The largest absolute Gasteiger partial charge is 0.468 e. The molecule has 0 heterocycles. The molecular formula is C17H19NO2. The second-order valence-electron chi connectivity index (χ2n) is 4.85. The Morgan fingerprint density at radius 3 is 2.00 bits per heavy atom. The third-order valence-corrected chi connectivity index (χ3v) is 3.31. The minimum absolute atomic E-state index is 0.242. The van der Waals surface area contributed by atoms with Crippen molar-refractivity contribution >= 4 is 11.7 Å². The summed E-state index contributed by atoms with van der Waals surface area (Å²) >= 11 is 0. The molecule has 3 heteroatoms. The van der Waals surface area contributed by atoms with Crippen LogP contribution in [0.2, 0.25) is 0 Å². The predicted octanol–water partition coefficient (Wildman–Crippen LogP) is 3.06. The van der Waals surface area contributed by atoms with Crippen molar-refractivity contribution < 1.29 is 9.53 Å². The van der Waals surface area contributed by atoms with Crippen molar-refractivity contribution in [3.05, 3.63) is 65.7 Å². The fraction of sp³-hybridized carbons (Fsp3) is 0.235. The van der Waals surface area contributed by atoms with Crippen LogP contribution in [0.25, 0.3) is 0 Å². The Hall–Kier alpha value is -2.29. The molecule has 0 N–H and O–H groups in total. The van der Waals surface area contributed by atoms with Crippen LogP contribution in [0.15, 0.2) is 54.6 Å². The lowest BCUT2D eigenvalue weighted by molar-refractivity contribution is -0.141. The van der Waals surface area contributed by atoms with Crippen molar-refractivity contribution in [3.63, 3.8) is 0 Å². The molecule has 104 valence electrons. The number of esters is 1. The van der Waals surface area contributed by atoms with Crippen molar-refractivity contribution in [1.82, 2.24) is 0 Å². The van der Waals surface area contributed by atoms with Gasteiger partial charge in [0.15, 0.2) is 0 Å². The van der Waals surface area contributed by atoms with Gasteiger partial charge in [-0.15, -0.1) is 0 Å². The summed E-state index contributed by atoms with van der Waals surface area (Å²) in [5, 5.41) is 0. The minimum Gasteiger partial charge on any atom is -0.468 e. The van der Waals surface area contributed by atoms with Crippen LogP contribution >= 0.6 is 0 Å². The first-order valence-corrected chi connectivity index (χ1v) is 6.53. The van der Waals surface area contributed by atoms with Crippen LogP contribution in [-0.2, 0) is 9.53 Å². The van der Waals surface area contributed by atoms with Crippen LogP contribution in [0.4, 0.5) is 5.69 Å². The number of methoxy groups -OCH3 is 1. The lowest BCUT2D eigenvalue weighted by Crippen LogP contribution is -2.16. The maximum atomic E-state index is 12.1. The van der Waals surface area contributed by atoms with Crippen molar-refractivity contribution in [2.45, 2.75) is 5.92 Å². The van der Waals surface area contributed by atoms with Gasteiger partial charge in [0.05, 0.1) is 7.11 Å². The number of carbonyl (C=O) groups is 1. The van der Waals surface area contributed by atoms with Crippen molar-refractivity contribution in [1.29, 1.82) is 0 Å². The summed E-state index contributed by atoms with van der Waals surface area (Å²) in [6, 6.07) is 17.7. The van der Waals surface area contributed by atoms with E-state index in [-0.39, 0.29) is 11.9 Å². The fourth-order valence-electron chi connectivity index (χ4n) is 2.19. The highest BCUT2D eigenvalue weighted by Crippen LogP contribution is 2.27. The van der Waals surface area contributed by atoms with E-state index < -0.39 is 0 Å². The molecule has 1 atom stereocenters. The lowest BCUT2D eigenvalue weighted by atomic mass is 9.91. The SMILES string of the molecule is COC(=O)[C@H](c1ccccc1)c1ccc(N(C)C)cc1.